The highest BCUT2D eigenvalue weighted by molar-refractivity contribution is 7.99. The Labute approximate surface area is 121 Å². The predicted octanol–water partition coefficient (Wildman–Crippen LogP) is 3.55. The van der Waals surface area contributed by atoms with Crippen molar-refractivity contribution in [3.8, 4) is 0 Å². The number of thioether (sulfide) groups is 1. The third-order valence-corrected chi connectivity index (χ3v) is 6.21. The lowest BCUT2D eigenvalue weighted by Gasteiger charge is -2.38. The first kappa shape index (κ1) is 13.3. The number of thiophene rings is 1. The molecule has 1 aromatic rings. The molecule has 3 heterocycles. The zero-order chi connectivity index (χ0) is 12.4. The lowest BCUT2D eigenvalue weighted by Crippen LogP contribution is -2.46. The van der Waals surface area contributed by atoms with Gasteiger partial charge in [-0.3, -0.25) is 0 Å². The van der Waals surface area contributed by atoms with Crippen LogP contribution in [0.25, 0.3) is 0 Å². The van der Waals surface area contributed by atoms with Crippen LogP contribution in [0.5, 0.6) is 0 Å². The smallest absolute Gasteiger partial charge is 0.0931 e. The molecule has 5 heteroatoms. The molecule has 2 nitrogen and oxygen atoms in total. The minimum Gasteiger partial charge on any atom is -0.374 e. The van der Waals surface area contributed by atoms with Crippen molar-refractivity contribution in [3.05, 3.63) is 21.3 Å². The fourth-order valence-electron chi connectivity index (χ4n) is 2.76. The summed E-state index contributed by atoms with van der Waals surface area (Å²) in [6.07, 6.45) is 3.52. The number of ether oxygens (including phenoxy) is 1. The molecule has 0 aliphatic carbocycles. The van der Waals surface area contributed by atoms with Gasteiger partial charge in [0.15, 0.2) is 0 Å². The van der Waals surface area contributed by atoms with Crippen molar-refractivity contribution in [2.45, 2.75) is 37.5 Å². The molecule has 2 atom stereocenters. The highest BCUT2D eigenvalue weighted by atomic mass is 35.5. The molecule has 1 spiro atoms. The van der Waals surface area contributed by atoms with Gasteiger partial charge in [0, 0.05) is 29.8 Å². The first-order valence-electron chi connectivity index (χ1n) is 6.45. The molecule has 0 bridgehead atoms. The van der Waals surface area contributed by atoms with Gasteiger partial charge >= 0.3 is 0 Å². The van der Waals surface area contributed by atoms with Gasteiger partial charge in [0.1, 0.15) is 0 Å². The van der Waals surface area contributed by atoms with Gasteiger partial charge in [0.25, 0.3) is 0 Å². The van der Waals surface area contributed by atoms with E-state index in [2.05, 4.69) is 11.4 Å². The van der Waals surface area contributed by atoms with Crippen molar-refractivity contribution in [3.63, 3.8) is 0 Å². The van der Waals surface area contributed by atoms with Crippen molar-refractivity contribution in [2.24, 2.45) is 0 Å². The van der Waals surface area contributed by atoms with Gasteiger partial charge in [-0.2, -0.15) is 11.8 Å². The Bertz CT molecular complexity index is 403. The maximum atomic E-state index is 6.03. The second kappa shape index (κ2) is 5.71. The van der Waals surface area contributed by atoms with E-state index < -0.39 is 0 Å². The van der Waals surface area contributed by atoms with E-state index in [1.165, 1.54) is 29.2 Å². The Morgan fingerprint density at radius 3 is 3.17 bits per heavy atom. The monoisotopic (exact) mass is 303 g/mol. The summed E-state index contributed by atoms with van der Waals surface area (Å²) in [5, 5.41) is 3.66. The molecule has 0 saturated carbocycles. The molecule has 0 amide bonds. The van der Waals surface area contributed by atoms with E-state index in [1.807, 2.05) is 17.8 Å². The summed E-state index contributed by atoms with van der Waals surface area (Å²) in [5.41, 5.74) is 0.174. The Hall–Kier alpha value is 0.260. The molecule has 1 aromatic heterocycles. The highest BCUT2D eigenvalue weighted by Gasteiger charge is 2.40. The minimum absolute atomic E-state index is 0.174. The molecule has 0 radical (unpaired) electrons. The van der Waals surface area contributed by atoms with E-state index in [0.29, 0.717) is 6.04 Å². The molecule has 2 aliphatic heterocycles. The average Bonchev–Trinajstić information content (AvgIpc) is 2.97. The number of hydrogen-bond donors (Lipinski definition) is 1. The van der Waals surface area contributed by atoms with E-state index >= 15 is 0 Å². The van der Waals surface area contributed by atoms with Crippen molar-refractivity contribution in [2.75, 3.05) is 18.1 Å². The van der Waals surface area contributed by atoms with E-state index in [1.54, 1.807) is 11.3 Å². The van der Waals surface area contributed by atoms with Crippen LogP contribution in [-0.4, -0.2) is 29.8 Å². The average molecular weight is 304 g/mol. The standard InChI is InChI=1S/C13H18ClNOS2/c14-12-2-1-11(18-12)8-15-10-3-5-16-13(7-10)4-6-17-9-13/h1-2,10,15H,3-9H2. The van der Waals surface area contributed by atoms with Crippen LogP contribution in [0.3, 0.4) is 0 Å². The van der Waals surface area contributed by atoms with Crippen LogP contribution in [0.15, 0.2) is 12.1 Å². The highest BCUT2D eigenvalue weighted by Crippen LogP contribution is 2.38. The van der Waals surface area contributed by atoms with Gasteiger partial charge < -0.3 is 10.1 Å². The lowest BCUT2D eigenvalue weighted by molar-refractivity contribution is -0.0702. The zero-order valence-corrected chi connectivity index (χ0v) is 12.7. The van der Waals surface area contributed by atoms with Gasteiger partial charge in [0.05, 0.1) is 9.94 Å². The zero-order valence-electron chi connectivity index (χ0n) is 10.3. The molecule has 2 saturated heterocycles. The van der Waals surface area contributed by atoms with Crippen LogP contribution >= 0.6 is 34.7 Å². The molecule has 1 N–H and O–H groups in total. The molecular formula is C13H18ClNOS2. The second-order valence-corrected chi connectivity index (χ2v) is 8.02. The fourth-order valence-corrected chi connectivity index (χ4v) is 5.17. The number of rotatable bonds is 3. The van der Waals surface area contributed by atoms with E-state index in [-0.39, 0.29) is 5.60 Å². The summed E-state index contributed by atoms with van der Waals surface area (Å²) < 4.78 is 6.91. The topological polar surface area (TPSA) is 21.3 Å². The molecule has 18 heavy (non-hydrogen) atoms. The van der Waals surface area contributed by atoms with E-state index in [0.717, 1.165) is 23.9 Å². The minimum atomic E-state index is 0.174. The SMILES string of the molecule is Clc1ccc(CNC2CCOC3(CCSC3)C2)s1. The largest absolute Gasteiger partial charge is 0.374 e. The van der Waals surface area contributed by atoms with Gasteiger partial charge in [-0.25, -0.2) is 0 Å². The summed E-state index contributed by atoms with van der Waals surface area (Å²) in [6, 6.07) is 4.68. The van der Waals surface area contributed by atoms with Crippen LogP contribution < -0.4 is 5.32 Å². The molecule has 100 valence electrons. The molecule has 3 rings (SSSR count). The van der Waals surface area contributed by atoms with Crippen molar-refractivity contribution in [1.82, 2.24) is 5.32 Å². The van der Waals surface area contributed by atoms with Crippen molar-refractivity contribution < 1.29 is 4.74 Å². The van der Waals surface area contributed by atoms with Crippen LogP contribution in [0.1, 0.15) is 24.1 Å². The maximum Gasteiger partial charge on any atom is 0.0931 e. The van der Waals surface area contributed by atoms with E-state index in [9.17, 15) is 0 Å². The van der Waals surface area contributed by atoms with Gasteiger partial charge in [0.2, 0.25) is 0 Å². The Balaban J connectivity index is 1.53. The van der Waals surface area contributed by atoms with Crippen molar-refractivity contribution in [1.29, 1.82) is 0 Å². The number of halogens is 1. The lowest BCUT2D eigenvalue weighted by atomic mass is 9.90. The summed E-state index contributed by atoms with van der Waals surface area (Å²) >= 11 is 9.65. The normalized spacial score (nSPS) is 32.2. The van der Waals surface area contributed by atoms with Gasteiger partial charge in [-0.05, 0) is 37.1 Å². The third kappa shape index (κ3) is 3.05. The van der Waals surface area contributed by atoms with E-state index in [4.69, 9.17) is 16.3 Å². The molecular weight excluding hydrogens is 286 g/mol. The first-order chi connectivity index (χ1) is 8.76. The van der Waals surface area contributed by atoms with Gasteiger partial charge in [-0.15, -0.1) is 11.3 Å². The summed E-state index contributed by atoms with van der Waals surface area (Å²) in [6.45, 7) is 1.84. The molecule has 2 fully saturated rings. The van der Waals surface area contributed by atoms with Gasteiger partial charge in [-0.1, -0.05) is 11.6 Å². The summed E-state index contributed by atoms with van der Waals surface area (Å²) in [4.78, 5) is 1.32. The van der Waals surface area contributed by atoms with Crippen molar-refractivity contribution >= 4 is 34.7 Å². The summed E-state index contributed by atoms with van der Waals surface area (Å²) in [5.74, 6) is 2.43. The summed E-state index contributed by atoms with van der Waals surface area (Å²) in [7, 11) is 0. The number of nitrogens with one attached hydrogen (secondary N) is 1. The Kier molecular flexibility index (Phi) is 4.21. The Morgan fingerprint density at radius 1 is 1.50 bits per heavy atom. The first-order valence-corrected chi connectivity index (χ1v) is 8.80. The van der Waals surface area contributed by atoms with Crippen LogP contribution in [0, 0.1) is 0 Å². The molecule has 0 aromatic carbocycles. The third-order valence-electron chi connectivity index (χ3n) is 3.75. The van der Waals surface area contributed by atoms with Crippen LogP contribution in [-0.2, 0) is 11.3 Å². The van der Waals surface area contributed by atoms with Crippen LogP contribution in [0.4, 0.5) is 0 Å². The maximum absolute atomic E-state index is 6.03. The molecule has 2 unspecified atom stereocenters. The second-order valence-electron chi connectivity index (χ2n) is 5.11. The fraction of sp³-hybridized carbons (Fsp3) is 0.692. The number of hydrogen-bond acceptors (Lipinski definition) is 4. The van der Waals surface area contributed by atoms with Crippen LogP contribution in [0.2, 0.25) is 4.34 Å². The Morgan fingerprint density at radius 2 is 2.44 bits per heavy atom. The quantitative estimate of drug-likeness (QED) is 0.923. The predicted molar refractivity (Wildman–Crippen MR) is 79.8 cm³/mol. The molecule has 2 aliphatic rings.